The quantitative estimate of drug-likeness (QED) is 0.429. The smallest absolute Gasteiger partial charge is 0.410 e. The lowest BCUT2D eigenvalue weighted by Crippen LogP contribution is -2.52. The van der Waals surface area contributed by atoms with Crippen molar-refractivity contribution in [2.45, 2.75) is 102 Å². The minimum atomic E-state index is -0.627. The summed E-state index contributed by atoms with van der Waals surface area (Å²) in [5.74, 6) is 0.257. The van der Waals surface area contributed by atoms with Gasteiger partial charge in [0.2, 0.25) is 11.8 Å². The number of benzene rings is 2. The van der Waals surface area contributed by atoms with Crippen LogP contribution >= 0.6 is 0 Å². The van der Waals surface area contributed by atoms with Crippen LogP contribution in [-0.4, -0.2) is 82.4 Å². The van der Waals surface area contributed by atoms with E-state index < -0.39 is 17.6 Å². The Hall–Kier alpha value is -3.92. The van der Waals surface area contributed by atoms with Gasteiger partial charge in [-0.15, -0.1) is 0 Å². The van der Waals surface area contributed by atoms with Gasteiger partial charge in [-0.25, -0.2) is 4.79 Å². The molecule has 0 saturated carbocycles. The van der Waals surface area contributed by atoms with E-state index in [-0.39, 0.29) is 30.4 Å². The van der Waals surface area contributed by atoms with Crippen LogP contribution in [0.1, 0.15) is 98.7 Å². The molecule has 0 radical (unpaired) electrons. The van der Waals surface area contributed by atoms with Gasteiger partial charge in [0.15, 0.2) is 0 Å². The molecular formula is C36H46N4O6. The fourth-order valence-electron chi connectivity index (χ4n) is 7.28. The predicted octanol–water partition coefficient (Wildman–Crippen LogP) is 5.00. The van der Waals surface area contributed by atoms with Crippen molar-refractivity contribution in [2.75, 3.05) is 26.2 Å². The van der Waals surface area contributed by atoms with Gasteiger partial charge in [-0.2, -0.15) is 0 Å². The van der Waals surface area contributed by atoms with E-state index >= 15 is 0 Å². The minimum absolute atomic E-state index is 0.177. The minimum Gasteiger partial charge on any atom is -0.492 e. The first-order chi connectivity index (χ1) is 22.1. The second-order valence-corrected chi connectivity index (χ2v) is 14.1. The number of hydrogen-bond acceptors (Lipinski definition) is 7. The maximum Gasteiger partial charge on any atom is 0.410 e. The first-order valence-electron chi connectivity index (χ1n) is 16.8. The fraction of sp³-hybridized carbons (Fsp3) is 0.556. The maximum atomic E-state index is 13.1. The molecule has 1 unspecified atom stereocenters. The molecule has 2 atom stereocenters. The molecule has 6 rings (SSSR count). The van der Waals surface area contributed by atoms with Crippen LogP contribution in [0.4, 0.5) is 4.79 Å². The highest BCUT2D eigenvalue weighted by Crippen LogP contribution is 2.34. The van der Waals surface area contributed by atoms with E-state index in [0.717, 1.165) is 56.5 Å². The molecule has 4 aliphatic heterocycles. The normalized spacial score (nSPS) is 22.9. The first kappa shape index (κ1) is 32.0. The van der Waals surface area contributed by atoms with E-state index in [9.17, 15) is 19.2 Å². The summed E-state index contributed by atoms with van der Waals surface area (Å²) >= 11 is 0. The Kier molecular flexibility index (Phi) is 9.36. The summed E-state index contributed by atoms with van der Waals surface area (Å²) in [7, 11) is 0. The van der Waals surface area contributed by atoms with Gasteiger partial charge in [0.25, 0.3) is 5.91 Å². The molecule has 0 aromatic heterocycles. The zero-order valence-corrected chi connectivity index (χ0v) is 27.3. The number of likely N-dealkylation sites (tertiary alicyclic amines) is 2. The van der Waals surface area contributed by atoms with Gasteiger partial charge in [-0.1, -0.05) is 30.7 Å². The number of rotatable bonds is 7. The number of nitrogens with zero attached hydrogens (tertiary/aromatic N) is 3. The Morgan fingerprint density at radius 1 is 0.957 bits per heavy atom. The zero-order valence-electron chi connectivity index (χ0n) is 27.3. The summed E-state index contributed by atoms with van der Waals surface area (Å²) in [6, 6.07) is 13.9. The van der Waals surface area contributed by atoms with E-state index in [1.807, 2.05) is 37.8 Å². The van der Waals surface area contributed by atoms with Gasteiger partial charge < -0.3 is 19.3 Å². The molecule has 0 aliphatic carbocycles. The van der Waals surface area contributed by atoms with Gasteiger partial charge in [-0.3, -0.25) is 24.6 Å². The van der Waals surface area contributed by atoms with E-state index in [2.05, 4.69) is 34.5 Å². The van der Waals surface area contributed by atoms with Crippen LogP contribution in [0.3, 0.4) is 0 Å². The number of hydrogen-bond donors (Lipinski definition) is 1. The molecule has 3 fully saturated rings. The summed E-state index contributed by atoms with van der Waals surface area (Å²) in [4.78, 5) is 55.6. The Bertz CT molecular complexity index is 1480. The molecular weight excluding hydrogens is 584 g/mol. The molecule has 0 spiro atoms. The second-order valence-electron chi connectivity index (χ2n) is 14.1. The molecule has 2 aromatic carbocycles. The molecule has 4 amide bonds. The van der Waals surface area contributed by atoms with E-state index in [1.54, 1.807) is 11.0 Å². The van der Waals surface area contributed by atoms with Crippen molar-refractivity contribution in [1.82, 2.24) is 20.0 Å². The lowest BCUT2D eigenvalue weighted by molar-refractivity contribution is -0.136. The third-order valence-electron chi connectivity index (χ3n) is 9.70. The van der Waals surface area contributed by atoms with Crippen LogP contribution < -0.4 is 10.1 Å². The summed E-state index contributed by atoms with van der Waals surface area (Å²) in [5.41, 5.74) is 3.66. The Balaban J connectivity index is 1.06. The molecule has 246 valence electrons. The molecule has 2 aromatic rings. The van der Waals surface area contributed by atoms with Crippen LogP contribution in [0.2, 0.25) is 0 Å². The lowest BCUT2D eigenvalue weighted by Gasteiger charge is -2.37. The summed E-state index contributed by atoms with van der Waals surface area (Å²) in [6.07, 6.45) is 5.58. The molecule has 10 heteroatoms. The highest BCUT2D eigenvalue weighted by Gasteiger charge is 2.39. The molecule has 1 N–H and O–H groups in total. The van der Waals surface area contributed by atoms with Gasteiger partial charge in [0.05, 0.1) is 0 Å². The Morgan fingerprint density at radius 2 is 1.74 bits per heavy atom. The van der Waals surface area contributed by atoms with Crippen LogP contribution in [0.25, 0.3) is 0 Å². The monoisotopic (exact) mass is 630 g/mol. The molecule has 4 heterocycles. The van der Waals surface area contributed by atoms with Crippen molar-refractivity contribution in [1.29, 1.82) is 0 Å². The molecule has 3 saturated heterocycles. The van der Waals surface area contributed by atoms with Crippen molar-refractivity contribution in [3.8, 4) is 5.75 Å². The number of amides is 4. The van der Waals surface area contributed by atoms with Crippen LogP contribution in [0, 0.1) is 0 Å². The van der Waals surface area contributed by atoms with Crippen molar-refractivity contribution >= 4 is 23.8 Å². The van der Waals surface area contributed by atoms with Crippen LogP contribution in [-0.2, 0) is 27.4 Å². The average molecular weight is 631 g/mol. The number of carbonyl (C=O) groups excluding carboxylic acids is 4. The number of ether oxygens (including phenoxy) is 2. The largest absolute Gasteiger partial charge is 0.492 e. The number of imide groups is 1. The highest BCUT2D eigenvalue weighted by atomic mass is 16.6. The molecule has 4 aliphatic rings. The van der Waals surface area contributed by atoms with Crippen molar-refractivity contribution in [3.05, 3.63) is 64.7 Å². The predicted molar refractivity (Wildman–Crippen MR) is 172 cm³/mol. The molecule has 0 bridgehead atoms. The van der Waals surface area contributed by atoms with Crippen LogP contribution in [0.15, 0.2) is 42.5 Å². The van der Waals surface area contributed by atoms with E-state index in [4.69, 9.17) is 9.47 Å². The van der Waals surface area contributed by atoms with E-state index in [0.29, 0.717) is 44.1 Å². The van der Waals surface area contributed by atoms with Gasteiger partial charge in [-0.05, 0) is 100 Å². The standard InChI is InChI=1S/C36H46N4O6/c1-36(2,3)46-35(44)38-18-15-24(16-19-38)29-10-5-4-8-25(29)21-39-17-7-6-9-27(39)23-45-28-11-12-30-26(20-28)22-40(34(30)43)31-13-14-32(41)37-33(31)42/h4-5,8,10-12,20,24,27,31H,6-7,9,13-19,21-23H2,1-3H3,(H,37,41,42)/t27-,31?/m1/s1. The summed E-state index contributed by atoms with van der Waals surface area (Å²) in [6.45, 7) is 9.87. The number of piperidine rings is 3. The summed E-state index contributed by atoms with van der Waals surface area (Å²) < 4.78 is 12.0. The zero-order chi connectivity index (χ0) is 32.4. The van der Waals surface area contributed by atoms with Crippen LogP contribution in [0.5, 0.6) is 5.75 Å². The fourth-order valence-corrected chi connectivity index (χ4v) is 7.28. The third kappa shape index (κ3) is 7.22. The lowest BCUT2D eigenvalue weighted by atomic mass is 9.86. The molecule has 46 heavy (non-hydrogen) atoms. The van der Waals surface area contributed by atoms with Crippen molar-refractivity contribution < 1.29 is 28.7 Å². The van der Waals surface area contributed by atoms with E-state index in [1.165, 1.54) is 11.1 Å². The highest BCUT2D eigenvalue weighted by molar-refractivity contribution is 6.05. The average Bonchev–Trinajstić information content (AvgIpc) is 3.35. The molecule has 10 nitrogen and oxygen atoms in total. The first-order valence-corrected chi connectivity index (χ1v) is 16.8. The number of carbonyl (C=O) groups is 4. The maximum absolute atomic E-state index is 13.1. The number of fused-ring (bicyclic) bond motifs is 1. The Morgan fingerprint density at radius 3 is 2.50 bits per heavy atom. The van der Waals surface area contributed by atoms with Gasteiger partial charge >= 0.3 is 6.09 Å². The number of nitrogens with one attached hydrogen (secondary N) is 1. The van der Waals surface area contributed by atoms with Gasteiger partial charge in [0, 0.05) is 44.2 Å². The summed E-state index contributed by atoms with van der Waals surface area (Å²) in [5, 5.41) is 2.36. The Labute approximate surface area is 271 Å². The topological polar surface area (TPSA) is 108 Å². The van der Waals surface area contributed by atoms with Crippen molar-refractivity contribution in [3.63, 3.8) is 0 Å². The second kappa shape index (κ2) is 13.4. The van der Waals surface area contributed by atoms with Crippen molar-refractivity contribution in [2.24, 2.45) is 0 Å². The SMILES string of the molecule is CC(C)(C)OC(=O)N1CCC(c2ccccc2CN2CCCC[C@@H]2COc2ccc3c(c2)CN(C2CCC(=O)NC2=O)C3=O)CC1. The third-order valence-corrected chi connectivity index (χ3v) is 9.70. The van der Waals surface area contributed by atoms with Gasteiger partial charge in [0.1, 0.15) is 24.0 Å².